The summed E-state index contributed by atoms with van der Waals surface area (Å²) in [6, 6.07) is 4.37. The third-order valence-corrected chi connectivity index (χ3v) is 3.48. The van der Waals surface area contributed by atoms with Crippen LogP contribution in [0.1, 0.15) is 24.2 Å². The Morgan fingerprint density at radius 2 is 1.91 bits per heavy atom. The maximum Gasteiger partial charge on any atom is 0.340 e. The molecule has 0 unspecified atom stereocenters. The molecule has 6 nitrogen and oxygen atoms in total. The quantitative estimate of drug-likeness (QED) is 0.755. The fourth-order valence-electron chi connectivity index (χ4n) is 1.75. The van der Waals surface area contributed by atoms with Gasteiger partial charge in [0.1, 0.15) is 0 Å². The van der Waals surface area contributed by atoms with E-state index < -0.39 is 18.5 Å². The Morgan fingerprint density at radius 3 is 2.52 bits per heavy atom. The number of likely N-dealkylation sites (N-methyl/N-ethyl adjacent to an activating group) is 2. The van der Waals surface area contributed by atoms with Crippen LogP contribution in [-0.2, 0) is 14.3 Å². The Kier molecular flexibility index (Phi) is 7.85. The minimum Gasteiger partial charge on any atom is -0.452 e. The van der Waals surface area contributed by atoms with E-state index in [2.05, 4.69) is 5.32 Å². The molecule has 0 radical (unpaired) electrons. The van der Waals surface area contributed by atoms with Gasteiger partial charge in [0.15, 0.2) is 6.61 Å². The van der Waals surface area contributed by atoms with Gasteiger partial charge >= 0.3 is 5.97 Å². The number of amides is 2. The standard InChI is InChI=1S/C15H18Cl2N2O4/c1-3-18-13(20)8-19(4-2)14(21)9-23-15(22)11-7-10(16)5-6-12(11)17/h5-7H,3-4,8-9H2,1-2H3,(H,18,20). The van der Waals surface area contributed by atoms with E-state index >= 15 is 0 Å². The van der Waals surface area contributed by atoms with Gasteiger partial charge in [0.25, 0.3) is 5.91 Å². The first kappa shape index (κ1) is 19.3. The van der Waals surface area contributed by atoms with Gasteiger partial charge in [-0.25, -0.2) is 4.79 Å². The molecule has 1 rings (SSSR count). The third-order valence-electron chi connectivity index (χ3n) is 2.92. The van der Waals surface area contributed by atoms with Crippen molar-refractivity contribution in [1.29, 1.82) is 0 Å². The first-order chi connectivity index (χ1) is 10.9. The molecular formula is C15H18Cl2N2O4. The van der Waals surface area contributed by atoms with Gasteiger partial charge in [-0.05, 0) is 32.0 Å². The molecule has 0 atom stereocenters. The zero-order valence-corrected chi connectivity index (χ0v) is 14.4. The number of nitrogens with one attached hydrogen (secondary N) is 1. The maximum atomic E-state index is 12.0. The van der Waals surface area contributed by atoms with Crippen molar-refractivity contribution < 1.29 is 19.1 Å². The molecule has 0 saturated heterocycles. The summed E-state index contributed by atoms with van der Waals surface area (Å²) in [5.74, 6) is -1.49. The molecule has 23 heavy (non-hydrogen) atoms. The van der Waals surface area contributed by atoms with Crippen LogP contribution in [0.25, 0.3) is 0 Å². The van der Waals surface area contributed by atoms with Crippen LogP contribution in [0.4, 0.5) is 0 Å². The number of carbonyl (C=O) groups excluding carboxylic acids is 3. The van der Waals surface area contributed by atoms with Crippen molar-refractivity contribution in [2.75, 3.05) is 26.2 Å². The zero-order chi connectivity index (χ0) is 17.4. The van der Waals surface area contributed by atoms with Crippen LogP contribution in [0.5, 0.6) is 0 Å². The van der Waals surface area contributed by atoms with Crippen LogP contribution in [-0.4, -0.2) is 48.9 Å². The number of hydrogen-bond acceptors (Lipinski definition) is 4. The number of esters is 1. The van der Waals surface area contributed by atoms with Gasteiger partial charge in [-0.3, -0.25) is 9.59 Å². The minimum atomic E-state index is -0.750. The monoisotopic (exact) mass is 360 g/mol. The van der Waals surface area contributed by atoms with Crippen molar-refractivity contribution in [3.05, 3.63) is 33.8 Å². The summed E-state index contributed by atoms with van der Waals surface area (Å²) in [5.41, 5.74) is 0.0822. The summed E-state index contributed by atoms with van der Waals surface area (Å²) in [7, 11) is 0. The van der Waals surface area contributed by atoms with Crippen LogP contribution < -0.4 is 5.32 Å². The van der Waals surface area contributed by atoms with E-state index in [1.165, 1.54) is 23.1 Å². The van der Waals surface area contributed by atoms with E-state index in [1.807, 2.05) is 0 Å². The highest BCUT2D eigenvalue weighted by Gasteiger charge is 2.19. The molecule has 0 heterocycles. The van der Waals surface area contributed by atoms with Crippen LogP contribution in [0, 0.1) is 0 Å². The molecule has 1 N–H and O–H groups in total. The lowest BCUT2D eigenvalue weighted by atomic mass is 10.2. The van der Waals surface area contributed by atoms with Crippen molar-refractivity contribution in [2.45, 2.75) is 13.8 Å². The van der Waals surface area contributed by atoms with E-state index in [0.717, 1.165) is 0 Å². The molecule has 1 aromatic rings. The summed E-state index contributed by atoms with van der Waals surface area (Å²) in [6.07, 6.45) is 0. The highest BCUT2D eigenvalue weighted by atomic mass is 35.5. The highest BCUT2D eigenvalue weighted by molar-refractivity contribution is 6.35. The topological polar surface area (TPSA) is 75.7 Å². The lowest BCUT2D eigenvalue weighted by molar-refractivity contribution is -0.138. The molecule has 2 amide bonds. The van der Waals surface area contributed by atoms with E-state index in [-0.39, 0.29) is 23.0 Å². The second-order valence-electron chi connectivity index (χ2n) is 4.56. The van der Waals surface area contributed by atoms with Crippen LogP contribution in [0.3, 0.4) is 0 Å². The maximum absolute atomic E-state index is 12.0. The van der Waals surface area contributed by atoms with Crippen LogP contribution in [0.2, 0.25) is 10.0 Å². The highest BCUT2D eigenvalue weighted by Crippen LogP contribution is 2.21. The second kappa shape index (κ2) is 9.37. The van der Waals surface area contributed by atoms with Gasteiger partial charge < -0.3 is 15.0 Å². The lowest BCUT2D eigenvalue weighted by Crippen LogP contribution is -2.42. The third kappa shape index (κ3) is 6.08. The first-order valence-corrected chi connectivity index (χ1v) is 7.81. The van der Waals surface area contributed by atoms with Crippen molar-refractivity contribution in [3.63, 3.8) is 0 Å². The predicted molar refractivity (Wildman–Crippen MR) is 87.7 cm³/mol. The van der Waals surface area contributed by atoms with Crippen molar-refractivity contribution in [1.82, 2.24) is 10.2 Å². The average molecular weight is 361 g/mol. The fraction of sp³-hybridized carbons (Fsp3) is 0.400. The molecule has 0 fully saturated rings. The number of halogens is 2. The number of hydrogen-bond donors (Lipinski definition) is 1. The number of rotatable bonds is 7. The Bertz CT molecular complexity index is 593. The number of benzene rings is 1. The molecular weight excluding hydrogens is 343 g/mol. The predicted octanol–water partition coefficient (Wildman–Crippen LogP) is 2.13. The summed E-state index contributed by atoms with van der Waals surface area (Å²) in [4.78, 5) is 36.8. The largest absolute Gasteiger partial charge is 0.452 e. The Labute approximate surface area is 144 Å². The average Bonchev–Trinajstić information content (AvgIpc) is 2.52. The Hall–Kier alpha value is -1.79. The molecule has 0 aliphatic heterocycles. The van der Waals surface area contributed by atoms with Gasteiger partial charge in [-0.15, -0.1) is 0 Å². The Morgan fingerprint density at radius 1 is 1.22 bits per heavy atom. The zero-order valence-electron chi connectivity index (χ0n) is 12.9. The van der Waals surface area contributed by atoms with Crippen LogP contribution in [0.15, 0.2) is 18.2 Å². The lowest BCUT2D eigenvalue weighted by Gasteiger charge is -2.20. The molecule has 0 aliphatic rings. The summed E-state index contributed by atoms with van der Waals surface area (Å²) < 4.78 is 4.95. The summed E-state index contributed by atoms with van der Waals surface area (Å²) in [6.45, 7) is 3.76. The number of nitrogens with zero attached hydrogens (tertiary/aromatic N) is 1. The molecule has 0 bridgehead atoms. The number of ether oxygens (including phenoxy) is 1. The Balaban J connectivity index is 2.61. The molecule has 0 spiro atoms. The fourth-order valence-corrected chi connectivity index (χ4v) is 2.12. The van der Waals surface area contributed by atoms with Crippen LogP contribution >= 0.6 is 23.2 Å². The molecule has 0 saturated carbocycles. The SMILES string of the molecule is CCNC(=O)CN(CC)C(=O)COC(=O)c1cc(Cl)ccc1Cl. The van der Waals surface area contributed by atoms with Gasteiger partial charge in [0.2, 0.25) is 5.91 Å². The van der Waals surface area contributed by atoms with Gasteiger partial charge in [-0.2, -0.15) is 0 Å². The number of carbonyl (C=O) groups is 3. The van der Waals surface area contributed by atoms with Crippen molar-refractivity contribution in [3.8, 4) is 0 Å². The minimum absolute atomic E-state index is 0.0822. The van der Waals surface area contributed by atoms with Gasteiger partial charge in [0, 0.05) is 18.1 Å². The molecule has 8 heteroatoms. The van der Waals surface area contributed by atoms with Crippen molar-refractivity contribution >= 4 is 41.0 Å². The molecule has 0 aromatic heterocycles. The van der Waals surface area contributed by atoms with E-state index in [4.69, 9.17) is 27.9 Å². The summed E-state index contributed by atoms with van der Waals surface area (Å²) in [5, 5.41) is 3.11. The summed E-state index contributed by atoms with van der Waals surface area (Å²) >= 11 is 11.7. The normalized spacial score (nSPS) is 10.1. The van der Waals surface area contributed by atoms with E-state index in [9.17, 15) is 14.4 Å². The molecule has 126 valence electrons. The van der Waals surface area contributed by atoms with E-state index in [1.54, 1.807) is 13.8 Å². The molecule has 0 aliphatic carbocycles. The second-order valence-corrected chi connectivity index (χ2v) is 5.41. The molecule has 1 aromatic carbocycles. The van der Waals surface area contributed by atoms with Gasteiger partial charge in [-0.1, -0.05) is 23.2 Å². The smallest absolute Gasteiger partial charge is 0.340 e. The first-order valence-electron chi connectivity index (χ1n) is 7.05. The van der Waals surface area contributed by atoms with Gasteiger partial charge in [0.05, 0.1) is 17.1 Å². The van der Waals surface area contributed by atoms with Crippen molar-refractivity contribution in [2.24, 2.45) is 0 Å². The van der Waals surface area contributed by atoms with E-state index in [0.29, 0.717) is 18.1 Å².